The Balaban J connectivity index is 1.95. The molecule has 2 rings (SSSR count). The van der Waals surface area contributed by atoms with Crippen molar-refractivity contribution in [3.63, 3.8) is 0 Å². The van der Waals surface area contributed by atoms with Crippen LogP contribution in [0.2, 0.25) is 0 Å². The number of rotatable bonds is 11. The van der Waals surface area contributed by atoms with Crippen LogP contribution in [0.25, 0.3) is 0 Å². The molecule has 0 bridgehead atoms. The van der Waals surface area contributed by atoms with Crippen molar-refractivity contribution in [2.24, 2.45) is 5.73 Å². The van der Waals surface area contributed by atoms with Crippen LogP contribution < -0.4 is 5.73 Å². The van der Waals surface area contributed by atoms with E-state index in [0.29, 0.717) is 25.1 Å². The fourth-order valence-corrected chi connectivity index (χ4v) is 3.21. The normalized spacial score (nSPS) is 12.8. The van der Waals surface area contributed by atoms with E-state index in [2.05, 4.69) is 0 Å². The molecule has 0 saturated heterocycles. The Morgan fingerprint density at radius 2 is 1.63 bits per heavy atom. The van der Waals surface area contributed by atoms with Gasteiger partial charge in [0.1, 0.15) is 12.7 Å². The third-order valence-corrected chi connectivity index (χ3v) is 4.81. The molecule has 0 aromatic heterocycles. The molecule has 0 radical (unpaired) electrons. The van der Waals surface area contributed by atoms with Gasteiger partial charge in [0.05, 0.1) is 5.56 Å². The third kappa shape index (κ3) is 6.97. The summed E-state index contributed by atoms with van der Waals surface area (Å²) in [6.45, 7) is 5.19. The number of esters is 1. The van der Waals surface area contributed by atoms with E-state index in [1.807, 2.05) is 44.2 Å². The predicted octanol–water partition coefficient (Wildman–Crippen LogP) is 3.04. The second kappa shape index (κ2) is 12.1. The van der Waals surface area contributed by atoms with E-state index in [9.17, 15) is 14.7 Å². The summed E-state index contributed by atoms with van der Waals surface area (Å²) in [5.41, 5.74) is 7.77. The zero-order valence-electron chi connectivity index (χ0n) is 17.8. The fourth-order valence-electron chi connectivity index (χ4n) is 3.21. The van der Waals surface area contributed by atoms with Gasteiger partial charge in [-0.25, -0.2) is 4.79 Å². The minimum Gasteiger partial charge on any atom is -0.459 e. The quantitative estimate of drug-likeness (QED) is 0.554. The highest BCUT2D eigenvalue weighted by atomic mass is 16.5. The fraction of sp³-hybridized carbons (Fsp3) is 0.417. The number of aliphatic hydroxyl groups excluding tert-OH is 1. The van der Waals surface area contributed by atoms with Crippen molar-refractivity contribution in [2.45, 2.75) is 45.3 Å². The van der Waals surface area contributed by atoms with Gasteiger partial charge in [0.25, 0.3) is 5.91 Å². The lowest BCUT2D eigenvalue weighted by molar-refractivity contribution is 0.0195. The van der Waals surface area contributed by atoms with Gasteiger partial charge < -0.3 is 20.5 Å². The molecule has 2 aromatic carbocycles. The van der Waals surface area contributed by atoms with E-state index >= 15 is 0 Å². The number of amides is 1. The number of benzene rings is 2. The zero-order chi connectivity index (χ0) is 21.9. The van der Waals surface area contributed by atoms with Crippen molar-refractivity contribution in [2.75, 3.05) is 19.7 Å². The maximum atomic E-state index is 12.7. The van der Waals surface area contributed by atoms with Gasteiger partial charge in [-0.05, 0) is 43.0 Å². The van der Waals surface area contributed by atoms with E-state index in [4.69, 9.17) is 10.5 Å². The number of hydrogen-bond donors (Lipinski definition) is 2. The molecule has 0 spiro atoms. The second-order valence-corrected chi connectivity index (χ2v) is 7.39. The van der Waals surface area contributed by atoms with Crippen LogP contribution in [0.3, 0.4) is 0 Å². The summed E-state index contributed by atoms with van der Waals surface area (Å²) in [7, 11) is 0. The molecule has 6 nitrogen and oxygen atoms in total. The number of carbonyl (C=O) groups is 2. The van der Waals surface area contributed by atoms with Gasteiger partial charge in [-0.1, -0.05) is 50.2 Å². The van der Waals surface area contributed by atoms with E-state index in [0.717, 1.165) is 18.4 Å². The molecule has 30 heavy (non-hydrogen) atoms. The Morgan fingerprint density at radius 3 is 2.27 bits per heavy atom. The van der Waals surface area contributed by atoms with Crippen LogP contribution in [0.1, 0.15) is 53.0 Å². The van der Waals surface area contributed by atoms with Crippen LogP contribution >= 0.6 is 0 Å². The molecular weight excluding hydrogens is 380 g/mol. The maximum absolute atomic E-state index is 12.7. The lowest BCUT2D eigenvalue weighted by Gasteiger charge is -2.22. The Bertz CT molecular complexity index is 804. The van der Waals surface area contributed by atoms with Crippen molar-refractivity contribution in [3.05, 3.63) is 71.3 Å². The van der Waals surface area contributed by atoms with Crippen LogP contribution in [0.15, 0.2) is 54.6 Å². The summed E-state index contributed by atoms with van der Waals surface area (Å²) in [6.07, 6.45) is 1.24. The van der Waals surface area contributed by atoms with Crippen molar-refractivity contribution in [1.29, 1.82) is 0 Å². The van der Waals surface area contributed by atoms with Crippen LogP contribution in [-0.2, 0) is 11.2 Å². The first-order valence-electron chi connectivity index (χ1n) is 10.5. The zero-order valence-corrected chi connectivity index (χ0v) is 17.8. The number of aliphatic hydroxyl groups is 1. The molecule has 0 saturated carbocycles. The molecule has 0 aliphatic rings. The second-order valence-electron chi connectivity index (χ2n) is 7.39. The average Bonchev–Trinajstić information content (AvgIpc) is 2.77. The largest absolute Gasteiger partial charge is 0.459 e. The summed E-state index contributed by atoms with van der Waals surface area (Å²) in [4.78, 5) is 27.0. The van der Waals surface area contributed by atoms with Crippen molar-refractivity contribution in [3.8, 4) is 0 Å². The molecule has 0 fully saturated rings. The van der Waals surface area contributed by atoms with Gasteiger partial charge in [-0.3, -0.25) is 4.79 Å². The number of ether oxygens (including phenoxy) is 1. The molecule has 1 amide bonds. The number of nitrogens with zero attached hydrogens (tertiary/aromatic N) is 1. The number of hydrogen-bond acceptors (Lipinski definition) is 5. The average molecular weight is 413 g/mol. The van der Waals surface area contributed by atoms with E-state index in [-0.39, 0.29) is 18.1 Å². The Kier molecular flexibility index (Phi) is 9.51. The molecule has 0 aliphatic heterocycles. The van der Waals surface area contributed by atoms with Gasteiger partial charge in [-0.15, -0.1) is 0 Å². The van der Waals surface area contributed by atoms with Gasteiger partial charge in [0.2, 0.25) is 0 Å². The van der Waals surface area contributed by atoms with Crippen LogP contribution in [-0.4, -0.2) is 53.7 Å². The van der Waals surface area contributed by atoms with Crippen molar-refractivity contribution >= 4 is 11.9 Å². The molecule has 2 atom stereocenters. The molecule has 0 unspecified atom stereocenters. The van der Waals surface area contributed by atoms with Gasteiger partial charge in [0.15, 0.2) is 0 Å². The highest BCUT2D eigenvalue weighted by Gasteiger charge is 2.20. The van der Waals surface area contributed by atoms with Gasteiger partial charge in [0, 0.05) is 24.7 Å². The minimum atomic E-state index is -0.983. The molecule has 0 heterocycles. The minimum absolute atomic E-state index is 0.0988. The molecule has 162 valence electrons. The standard InChI is InChI=1S/C24H32N2O4/c1-3-13-26(14-4-2)23(28)19-11-8-12-20(16-19)24(29)30-17-22(27)21(25)15-18-9-6-5-7-10-18/h5-12,16,21-22,27H,3-4,13-15,17,25H2,1-2H3/t21-,22-/m0/s1. The molecule has 0 aliphatic carbocycles. The van der Waals surface area contributed by atoms with Crippen LogP contribution in [0.4, 0.5) is 0 Å². The van der Waals surface area contributed by atoms with Crippen molar-refractivity contribution < 1.29 is 19.4 Å². The Hall–Kier alpha value is -2.70. The first-order valence-corrected chi connectivity index (χ1v) is 10.5. The SMILES string of the molecule is CCCN(CCC)C(=O)c1cccc(C(=O)OC[C@H](O)[C@@H](N)Cc2ccccc2)c1. The predicted molar refractivity (Wildman–Crippen MR) is 117 cm³/mol. The monoisotopic (exact) mass is 412 g/mol. The van der Waals surface area contributed by atoms with E-state index in [1.165, 1.54) is 0 Å². The number of nitrogens with two attached hydrogens (primary N) is 1. The lowest BCUT2D eigenvalue weighted by atomic mass is 10.0. The topological polar surface area (TPSA) is 92.9 Å². The highest BCUT2D eigenvalue weighted by molar-refractivity contribution is 5.97. The maximum Gasteiger partial charge on any atom is 0.338 e. The Morgan fingerprint density at radius 1 is 1.00 bits per heavy atom. The summed E-state index contributed by atoms with van der Waals surface area (Å²) >= 11 is 0. The Labute approximate surface area is 178 Å². The molecule has 6 heteroatoms. The lowest BCUT2D eigenvalue weighted by Crippen LogP contribution is -2.40. The van der Waals surface area contributed by atoms with Crippen molar-refractivity contribution in [1.82, 2.24) is 4.90 Å². The van der Waals surface area contributed by atoms with Gasteiger partial charge in [-0.2, -0.15) is 0 Å². The molecule has 2 aromatic rings. The van der Waals surface area contributed by atoms with E-state index in [1.54, 1.807) is 29.2 Å². The summed E-state index contributed by atoms with van der Waals surface area (Å²) in [5, 5.41) is 10.2. The highest BCUT2D eigenvalue weighted by Crippen LogP contribution is 2.12. The number of carbonyl (C=O) groups excluding carboxylic acids is 2. The van der Waals surface area contributed by atoms with Crippen LogP contribution in [0.5, 0.6) is 0 Å². The third-order valence-electron chi connectivity index (χ3n) is 4.81. The first kappa shape index (κ1) is 23.6. The van der Waals surface area contributed by atoms with Crippen LogP contribution in [0, 0.1) is 0 Å². The summed E-state index contributed by atoms with van der Waals surface area (Å²) in [6, 6.07) is 15.5. The smallest absolute Gasteiger partial charge is 0.338 e. The molecular formula is C24H32N2O4. The molecule has 3 N–H and O–H groups in total. The van der Waals surface area contributed by atoms with Gasteiger partial charge >= 0.3 is 5.97 Å². The first-order chi connectivity index (χ1) is 14.5. The summed E-state index contributed by atoms with van der Waals surface area (Å²) in [5.74, 6) is -0.689. The summed E-state index contributed by atoms with van der Waals surface area (Å²) < 4.78 is 5.25. The van der Waals surface area contributed by atoms with E-state index < -0.39 is 18.1 Å².